The SMILES string of the molecule is COCCn1c(-c2cccc(S(=O)(=O)N3CCCC3)c2)nnc1N1CCO[C@@H](C)C1. The second kappa shape index (κ2) is 9.01. The molecule has 2 aromatic rings. The molecular formula is C20H29N5O4S. The first-order chi connectivity index (χ1) is 14.5. The minimum absolute atomic E-state index is 0.115. The molecule has 1 aromatic heterocycles. The van der Waals surface area contributed by atoms with Gasteiger partial charge in [-0.15, -0.1) is 10.2 Å². The van der Waals surface area contributed by atoms with Gasteiger partial charge < -0.3 is 14.4 Å². The zero-order valence-electron chi connectivity index (χ0n) is 17.5. The molecule has 9 nitrogen and oxygen atoms in total. The van der Waals surface area contributed by atoms with E-state index in [2.05, 4.69) is 15.1 Å². The summed E-state index contributed by atoms with van der Waals surface area (Å²) in [4.78, 5) is 2.45. The molecule has 164 valence electrons. The van der Waals surface area contributed by atoms with Gasteiger partial charge in [-0.25, -0.2) is 8.42 Å². The first kappa shape index (κ1) is 21.2. The van der Waals surface area contributed by atoms with Crippen LogP contribution in [0, 0.1) is 0 Å². The average molecular weight is 436 g/mol. The maximum Gasteiger partial charge on any atom is 0.243 e. The van der Waals surface area contributed by atoms with E-state index in [0.717, 1.165) is 37.4 Å². The Labute approximate surface area is 177 Å². The van der Waals surface area contributed by atoms with Crippen molar-refractivity contribution in [2.45, 2.75) is 37.3 Å². The molecule has 4 rings (SSSR count). The summed E-state index contributed by atoms with van der Waals surface area (Å²) in [7, 11) is -1.84. The molecule has 3 heterocycles. The molecule has 0 amide bonds. The van der Waals surface area contributed by atoms with E-state index in [1.807, 2.05) is 17.6 Å². The molecule has 0 unspecified atom stereocenters. The Kier molecular flexibility index (Phi) is 6.37. The molecule has 2 aliphatic heterocycles. The van der Waals surface area contributed by atoms with Crippen LogP contribution < -0.4 is 4.90 Å². The quantitative estimate of drug-likeness (QED) is 0.653. The maximum atomic E-state index is 13.0. The molecule has 0 N–H and O–H groups in total. The fourth-order valence-corrected chi connectivity index (χ4v) is 5.57. The van der Waals surface area contributed by atoms with Crippen LogP contribution in [-0.4, -0.2) is 80.1 Å². The monoisotopic (exact) mass is 435 g/mol. The first-order valence-electron chi connectivity index (χ1n) is 10.4. The summed E-state index contributed by atoms with van der Waals surface area (Å²) in [6.07, 6.45) is 1.93. The normalized spacial score (nSPS) is 20.7. The van der Waals surface area contributed by atoms with Crippen LogP contribution in [0.25, 0.3) is 11.4 Å². The number of aromatic nitrogens is 3. The summed E-state index contributed by atoms with van der Waals surface area (Å²) in [5.41, 5.74) is 0.728. The number of benzene rings is 1. The number of nitrogens with zero attached hydrogens (tertiary/aromatic N) is 5. The smallest absolute Gasteiger partial charge is 0.243 e. The van der Waals surface area contributed by atoms with Crippen molar-refractivity contribution >= 4 is 16.0 Å². The highest BCUT2D eigenvalue weighted by Gasteiger charge is 2.28. The van der Waals surface area contributed by atoms with Crippen molar-refractivity contribution in [2.75, 3.05) is 51.4 Å². The molecule has 30 heavy (non-hydrogen) atoms. The summed E-state index contributed by atoms with van der Waals surface area (Å²) in [5.74, 6) is 1.39. The van der Waals surface area contributed by atoms with E-state index in [4.69, 9.17) is 9.47 Å². The molecule has 0 spiro atoms. The standard InChI is InChI=1S/C20H29N5O4S/c1-16-15-23(10-13-29-16)20-22-21-19(25(20)11-12-28-2)17-6-5-7-18(14-17)30(26,27)24-8-3-4-9-24/h5-7,14,16H,3-4,8-13,15H2,1-2H3/t16-/m0/s1. The van der Waals surface area contributed by atoms with Gasteiger partial charge in [0.05, 0.1) is 30.8 Å². The van der Waals surface area contributed by atoms with Gasteiger partial charge in [-0.1, -0.05) is 12.1 Å². The van der Waals surface area contributed by atoms with Crippen LogP contribution in [0.3, 0.4) is 0 Å². The molecule has 0 saturated carbocycles. The van der Waals surface area contributed by atoms with Crippen LogP contribution in [0.2, 0.25) is 0 Å². The average Bonchev–Trinajstić information content (AvgIpc) is 3.43. The van der Waals surface area contributed by atoms with Crippen LogP contribution in [0.15, 0.2) is 29.2 Å². The van der Waals surface area contributed by atoms with Crippen molar-refractivity contribution in [3.05, 3.63) is 24.3 Å². The second-order valence-corrected chi connectivity index (χ2v) is 9.67. The number of morpholine rings is 1. The van der Waals surface area contributed by atoms with E-state index in [1.165, 1.54) is 0 Å². The van der Waals surface area contributed by atoms with Crippen molar-refractivity contribution in [1.29, 1.82) is 0 Å². The third kappa shape index (κ3) is 4.22. The summed E-state index contributed by atoms with van der Waals surface area (Å²) in [6.45, 7) is 6.37. The topological polar surface area (TPSA) is 89.8 Å². The Morgan fingerprint density at radius 1 is 1.20 bits per heavy atom. The number of rotatable bonds is 7. The summed E-state index contributed by atoms with van der Waals surface area (Å²) in [6, 6.07) is 7.00. The third-order valence-electron chi connectivity index (χ3n) is 5.57. The van der Waals surface area contributed by atoms with Crippen molar-refractivity contribution < 1.29 is 17.9 Å². The van der Waals surface area contributed by atoms with E-state index < -0.39 is 10.0 Å². The molecular weight excluding hydrogens is 406 g/mol. The molecule has 1 atom stereocenters. The van der Waals surface area contributed by atoms with Gasteiger partial charge in [0.1, 0.15) is 0 Å². The van der Waals surface area contributed by atoms with E-state index in [-0.39, 0.29) is 6.10 Å². The minimum atomic E-state index is -3.50. The van der Waals surface area contributed by atoms with Crippen molar-refractivity contribution in [3.63, 3.8) is 0 Å². The highest BCUT2D eigenvalue weighted by Crippen LogP contribution is 2.28. The van der Waals surface area contributed by atoms with Gasteiger partial charge in [0, 0.05) is 38.9 Å². The molecule has 0 bridgehead atoms. The number of hydrogen-bond acceptors (Lipinski definition) is 7. The molecule has 0 aliphatic carbocycles. The fourth-order valence-electron chi connectivity index (χ4n) is 4.00. The Bertz CT molecular complexity index is 971. The Morgan fingerprint density at radius 2 is 2.00 bits per heavy atom. The Balaban J connectivity index is 1.69. The van der Waals surface area contributed by atoms with Crippen LogP contribution in [-0.2, 0) is 26.0 Å². The highest BCUT2D eigenvalue weighted by molar-refractivity contribution is 7.89. The second-order valence-electron chi connectivity index (χ2n) is 7.73. The number of anilines is 1. The molecule has 0 radical (unpaired) electrons. The zero-order chi connectivity index (χ0) is 21.1. The summed E-state index contributed by atoms with van der Waals surface area (Å²) in [5, 5.41) is 8.87. The van der Waals surface area contributed by atoms with Gasteiger partial charge in [0.2, 0.25) is 16.0 Å². The molecule has 1 aromatic carbocycles. The van der Waals surface area contributed by atoms with Crippen molar-refractivity contribution in [3.8, 4) is 11.4 Å². The van der Waals surface area contributed by atoms with Gasteiger partial charge in [-0.3, -0.25) is 4.57 Å². The number of ether oxygens (including phenoxy) is 2. The van der Waals surface area contributed by atoms with E-state index in [1.54, 1.807) is 29.6 Å². The largest absolute Gasteiger partial charge is 0.383 e. The summed E-state index contributed by atoms with van der Waals surface area (Å²) < 4.78 is 40.5. The van der Waals surface area contributed by atoms with Crippen LogP contribution in [0.5, 0.6) is 0 Å². The van der Waals surface area contributed by atoms with Gasteiger partial charge in [0.15, 0.2) is 5.82 Å². The first-order valence-corrected chi connectivity index (χ1v) is 11.8. The lowest BCUT2D eigenvalue weighted by atomic mass is 10.2. The fraction of sp³-hybridized carbons (Fsp3) is 0.600. The third-order valence-corrected chi connectivity index (χ3v) is 7.46. The Morgan fingerprint density at radius 3 is 2.73 bits per heavy atom. The predicted molar refractivity (Wildman–Crippen MR) is 113 cm³/mol. The van der Waals surface area contributed by atoms with E-state index in [0.29, 0.717) is 43.6 Å². The van der Waals surface area contributed by atoms with Crippen LogP contribution in [0.4, 0.5) is 5.95 Å². The molecule has 10 heteroatoms. The van der Waals surface area contributed by atoms with E-state index in [9.17, 15) is 8.42 Å². The van der Waals surface area contributed by atoms with E-state index >= 15 is 0 Å². The number of hydrogen-bond donors (Lipinski definition) is 0. The van der Waals surface area contributed by atoms with Gasteiger partial charge in [-0.2, -0.15) is 4.31 Å². The predicted octanol–water partition coefficient (Wildman–Crippen LogP) is 1.60. The highest BCUT2D eigenvalue weighted by atomic mass is 32.2. The number of methoxy groups -OCH3 is 1. The van der Waals surface area contributed by atoms with Crippen molar-refractivity contribution in [2.24, 2.45) is 0 Å². The lowest BCUT2D eigenvalue weighted by Crippen LogP contribution is -2.42. The molecule has 2 aliphatic rings. The van der Waals surface area contributed by atoms with Gasteiger partial charge >= 0.3 is 0 Å². The molecule has 2 saturated heterocycles. The maximum absolute atomic E-state index is 13.0. The zero-order valence-corrected chi connectivity index (χ0v) is 18.3. The van der Waals surface area contributed by atoms with Crippen LogP contribution >= 0.6 is 0 Å². The Hall–Kier alpha value is -2.01. The lowest BCUT2D eigenvalue weighted by molar-refractivity contribution is 0.0523. The summed E-state index contributed by atoms with van der Waals surface area (Å²) >= 11 is 0. The lowest BCUT2D eigenvalue weighted by Gasteiger charge is -2.32. The van der Waals surface area contributed by atoms with Crippen LogP contribution in [0.1, 0.15) is 19.8 Å². The number of sulfonamides is 1. The molecule has 2 fully saturated rings. The van der Waals surface area contributed by atoms with Gasteiger partial charge in [-0.05, 0) is 31.9 Å². The van der Waals surface area contributed by atoms with Gasteiger partial charge in [0.25, 0.3) is 0 Å². The van der Waals surface area contributed by atoms with Crippen molar-refractivity contribution in [1.82, 2.24) is 19.1 Å². The minimum Gasteiger partial charge on any atom is -0.383 e.